The minimum atomic E-state index is -0.603. The normalized spacial score (nSPS) is 16.4. The number of nitrogens with one attached hydrogen (secondary N) is 1. The summed E-state index contributed by atoms with van der Waals surface area (Å²) < 4.78 is 2.91. The third kappa shape index (κ3) is 3.67. The Morgan fingerprint density at radius 1 is 1.39 bits per heavy atom. The molecule has 0 bridgehead atoms. The predicted octanol–water partition coefficient (Wildman–Crippen LogP) is 1.74. The number of hydrogen-bond acceptors (Lipinski definition) is 4. The molecule has 2 aromatic rings. The van der Waals surface area contributed by atoms with Gasteiger partial charge in [-0.3, -0.25) is 14.3 Å². The summed E-state index contributed by atoms with van der Waals surface area (Å²) in [6, 6.07) is 4.14. The van der Waals surface area contributed by atoms with Crippen molar-refractivity contribution in [2.24, 2.45) is 13.0 Å². The number of aryl methyl sites for hydroxylation is 1. The first-order valence-electron chi connectivity index (χ1n) is 7.98. The maximum Gasteiger partial charge on any atom is 0.267 e. The van der Waals surface area contributed by atoms with Crippen LogP contribution in [-0.2, 0) is 11.8 Å². The monoisotopic (exact) mass is 315 g/mol. The Bertz CT molecular complexity index is 730. The Morgan fingerprint density at radius 2 is 2.17 bits per heavy atom. The van der Waals surface area contributed by atoms with Gasteiger partial charge in [-0.05, 0) is 18.4 Å². The Kier molecular flexibility index (Phi) is 4.55. The van der Waals surface area contributed by atoms with Crippen molar-refractivity contribution in [3.8, 4) is 0 Å². The van der Waals surface area contributed by atoms with Crippen molar-refractivity contribution in [3.05, 3.63) is 40.9 Å². The molecule has 0 aromatic carbocycles. The molecule has 0 aliphatic heterocycles. The van der Waals surface area contributed by atoms with Gasteiger partial charge in [0.1, 0.15) is 6.04 Å². The lowest BCUT2D eigenvalue weighted by atomic mass is 9.98. The van der Waals surface area contributed by atoms with Crippen LogP contribution in [0.3, 0.4) is 0 Å². The van der Waals surface area contributed by atoms with Gasteiger partial charge in [0, 0.05) is 31.6 Å². The molecule has 0 spiro atoms. The van der Waals surface area contributed by atoms with E-state index in [9.17, 15) is 9.59 Å². The Morgan fingerprint density at radius 3 is 2.83 bits per heavy atom. The summed E-state index contributed by atoms with van der Waals surface area (Å²) in [6.45, 7) is 0. The molecular weight excluding hydrogens is 294 g/mol. The first-order valence-corrected chi connectivity index (χ1v) is 7.98. The maximum absolute atomic E-state index is 12.7. The molecular formula is C16H21N5O2. The van der Waals surface area contributed by atoms with Gasteiger partial charge in [0.15, 0.2) is 5.82 Å². The second-order valence-corrected chi connectivity index (χ2v) is 6.07. The standard InChI is InChI=1S/C16H21N5O2/c1-20-10-8-14(19-20)18-16(23)13(11-12-5-2-3-6-12)21-15(22)7-4-9-17-21/h4,7-10,12-13H,2-3,5-6,11H2,1H3,(H,18,19,23). The average Bonchev–Trinajstić information content (AvgIpc) is 3.17. The Hall–Kier alpha value is -2.44. The molecule has 1 fully saturated rings. The first-order chi connectivity index (χ1) is 11.1. The summed E-state index contributed by atoms with van der Waals surface area (Å²) >= 11 is 0. The fourth-order valence-electron chi connectivity index (χ4n) is 3.17. The molecule has 1 atom stereocenters. The van der Waals surface area contributed by atoms with E-state index in [1.807, 2.05) is 0 Å². The van der Waals surface area contributed by atoms with Crippen molar-refractivity contribution >= 4 is 11.7 Å². The topological polar surface area (TPSA) is 81.8 Å². The summed E-state index contributed by atoms with van der Waals surface area (Å²) in [4.78, 5) is 24.8. The van der Waals surface area contributed by atoms with Crippen LogP contribution in [0.5, 0.6) is 0 Å². The van der Waals surface area contributed by atoms with E-state index in [1.165, 1.54) is 29.8 Å². The number of carbonyl (C=O) groups is 1. The molecule has 1 unspecified atom stereocenters. The third-order valence-electron chi connectivity index (χ3n) is 4.34. The van der Waals surface area contributed by atoms with E-state index in [2.05, 4.69) is 15.5 Å². The van der Waals surface area contributed by atoms with Gasteiger partial charge in [0.05, 0.1) is 0 Å². The number of rotatable bonds is 5. The molecule has 1 aliphatic carbocycles. The number of carbonyl (C=O) groups excluding carboxylic acids is 1. The third-order valence-corrected chi connectivity index (χ3v) is 4.34. The summed E-state index contributed by atoms with van der Waals surface area (Å²) in [5.41, 5.74) is -0.258. The molecule has 0 radical (unpaired) electrons. The molecule has 2 heterocycles. The van der Waals surface area contributed by atoms with Crippen molar-refractivity contribution in [1.29, 1.82) is 0 Å². The van der Waals surface area contributed by atoms with Crippen LogP contribution in [0.15, 0.2) is 35.4 Å². The molecule has 7 heteroatoms. The smallest absolute Gasteiger partial charge is 0.267 e. The van der Waals surface area contributed by atoms with Crippen molar-refractivity contribution in [2.45, 2.75) is 38.1 Å². The van der Waals surface area contributed by atoms with Crippen LogP contribution in [0.2, 0.25) is 0 Å². The summed E-state index contributed by atoms with van der Waals surface area (Å²) in [5, 5.41) is 11.1. The SMILES string of the molecule is Cn1ccc(NC(=O)C(CC2CCCC2)n2ncccc2=O)n1. The van der Waals surface area contributed by atoms with Crippen LogP contribution in [0.1, 0.15) is 38.1 Å². The molecule has 3 rings (SSSR count). The fourth-order valence-corrected chi connectivity index (χ4v) is 3.17. The predicted molar refractivity (Wildman–Crippen MR) is 85.9 cm³/mol. The molecule has 1 amide bonds. The van der Waals surface area contributed by atoms with Crippen LogP contribution in [0.25, 0.3) is 0 Å². The molecule has 0 saturated heterocycles. The van der Waals surface area contributed by atoms with E-state index >= 15 is 0 Å². The highest BCUT2D eigenvalue weighted by Gasteiger charge is 2.28. The Labute approximate surface area is 134 Å². The maximum atomic E-state index is 12.7. The van der Waals surface area contributed by atoms with Gasteiger partial charge in [-0.1, -0.05) is 25.7 Å². The van der Waals surface area contributed by atoms with Gasteiger partial charge in [-0.25, -0.2) is 4.68 Å². The van der Waals surface area contributed by atoms with Crippen LogP contribution < -0.4 is 10.9 Å². The molecule has 122 valence electrons. The molecule has 2 aromatic heterocycles. The number of nitrogens with zero attached hydrogens (tertiary/aromatic N) is 4. The van der Waals surface area contributed by atoms with Crippen LogP contribution in [0.4, 0.5) is 5.82 Å². The average molecular weight is 315 g/mol. The lowest BCUT2D eigenvalue weighted by molar-refractivity contribution is -0.120. The van der Waals surface area contributed by atoms with E-state index in [4.69, 9.17) is 0 Å². The number of aromatic nitrogens is 4. The first kappa shape index (κ1) is 15.5. The second-order valence-electron chi connectivity index (χ2n) is 6.07. The van der Waals surface area contributed by atoms with E-state index in [1.54, 1.807) is 30.1 Å². The number of hydrogen-bond donors (Lipinski definition) is 1. The minimum absolute atomic E-state index is 0.239. The minimum Gasteiger partial charge on any atom is -0.307 e. The second kappa shape index (κ2) is 6.76. The highest BCUT2D eigenvalue weighted by atomic mass is 16.2. The van der Waals surface area contributed by atoms with Crippen LogP contribution in [-0.4, -0.2) is 25.5 Å². The van der Waals surface area contributed by atoms with Gasteiger partial charge < -0.3 is 5.32 Å². The van der Waals surface area contributed by atoms with Crippen molar-refractivity contribution < 1.29 is 4.79 Å². The zero-order chi connectivity index (χ0) is 16.2. The van der Waals surface area contributed by atoms with Gasteiger partial charge >= 0.3 is 0 Å². The fraction of sp³-hybridized carbons (Fsp3) is 0.500. The summed E-state index contributed by atoms with van der Waals surface area (Å²) in [5.74, 6) is 0.706. The van der Waals surface area contributed by atoms with E-state index in [0.717, 1.165) is 12.8 Å². The molecule has 23 heavy (non-hydrogen) atoms. The van der Waals surface area contributed by atoms with Gasteiger partial charge in [0.2, 0.25) is 0 Å². The van der Waals surface area contributed by atoms with Gasteiger partial charge in [0.25, 0.3) is 11.5 Å². The quantitative estimate of drug-likeness (QED) is 0.911. The zero-order valence-electron chi connectivity index (χ0n) is 13.2. The highest BCUT2D eigenvalue weighted by Crippen LogP contribution is 2.31. The summed E-state index contributed by atoms with van der Waals surface area (Å²) in [7, 11) is 1.79. The Balaban J connectivity index is 1.83. The lowest BCUT2D eigenvalue weighted by Crippen LogP contribution is -2.35. The van der Waals surface area contributed by atoms with Crippen LogP contribution >= 0.6 is 0 Å². The number of amides is 1. The highest BCUT2D eigenvalue weighted by molar-refractivity contribution is 5.92. The molecule has 1 aliphatic rings. The van der Waals surface area contributed by atoms with Crippen LogP contribution in [0, 0.1) is 5.92 Å². The van der Waals surface area contributed by atoms with E-state index in [-0.39, 0.29) is 11.5 Å². The van der Waals surface area contributed by atoms with Gasteiger partial charge in [-0.15, -0.1) is 0 Å². The number of anilines is 1. The largest absolute Gasteiger partial charge is 0.307 e. The molecule has 1 saturated carbocycles. The molecule has 1 N–H and O–H groups in total. The van der Waals surface area contributed by atoms with Gasteiger partial charge in [-0.2, -0.15) is 10.2 Å². The van der Waals surface area contributed by atoms with E-state index in [0.29, 0.717) is 18.2 Å². The zero-order valence-corrected chi connectivity index (χ0v) is 13.2. The van der Waals surface area contributed by atoms with Crippen molar-refractivity contribution in [3.63, 3.8) is 0 Å². The molecule has 7 nitrogen and oxygen atoms in total. The van der Waals surface area contributed by atoms with E-state index < -0.39 is 6.04 Å². The van der Waals surface area contributed by atoms with Crippen molar-refractivity contribution in [1.82, 2.24) is 19.6 Å². The summed E-state index contributed by atoms with van der Waals surface area (Å²) in [6.07, 6.45) is 8.53. The lowest BCUT2D eigenvalue weighted by Gasteiger charge is -2.20. The van der Waals surface area contributed by atoms with Crippen molar-refractivity contribution in [2.75, 3.05) is 5.32 Å².